The lowest BCUT2D eigenvalue weighted by atomic mass is 9.81. The second-order valence-corrected chi connectivity index (χ2v) is 5.34. The normalized spacial score (nSPS) is 33.7. The van der Waals surface area contributed by atoms with E-state index in [-0.39, 0.29) is 5.91 Å². The summed E-state index contributed by atoms with van der Waals surface area (Å²) < 4.78 is 0. The standard InChI is InChI=1S/C12H20N2O3/c1-12(5-3-6-13-8-12)11(17)14-7-2-4-9(14)10(15)16/h9,13H,2-8H2,1H3,(H,15,16)/t9-,12?/m1/s1. The van der Waals surface area contributed by atoms with Crippen molar-refractivity contribution in [3.63, 3.8) is 0 Å². The Morgan fingerprint density at radius 2 is 2.18 bits per heavy atom. The molecule has 96 valence electrons. The van der Waals surface area contributed by atoms with Crippen LogP contribution in [0.5, 0.6) is 0 Å². The first-order valence-electron chi connectivity index (χ1n) is 6.29. The highest BCUT2D eigenvalue weighted by atomic mass is 16.4. The molecule has 0 aromatic rings. The minimum absolute atomic E-state index is 0.00889. The van der Waals surface area contributed by atoms with Crippen molar-refractivity contribution in [2.24, 2.45) is 5.41 Å². The van der Waals surface area contributed by atoms with Crippen LogP contribution in [0.15, 0.2) is 0 Å². The third kappa shape index (κ3) is 2.29. The van der Waals surface area contributed by atoms with Crippen LogP contribution in [0.1, 0.15) is 32.6 Å². The SMILES string of the molecule is CC1(C(=O)N2CCC[C@@H]2C(=O)O)CCCNC1. The third-order valence-corrected chi connectivity index (χ3v) is 3.91. The van der Waals surface area contributed by atoms with E-state index in [4.69, 9.17) is 5.11 Å². The van der Waals surface area contributed by atoms with Gasteiger partial charge in [0.05, 0.1) is 5.41 Å². The largest absolute Gasteiger partial charge is 0.480 e. The lowest BCUT2D eigenvalue weighted by Crippen LogP contribution is -2.52. The molecule has 2 rings (SSSR count). The molecule has 2 heterocycles. The molecule has 2 atom stereocenters. The maximum Gasteiger partial charge on any atom is 0.326 e. The monoisotopic (exact) mass is 240 g/mol. The number of carboxylic acids is 1. The van der Waals surface area contributed by atoms with Crippen molar-refractivity contribution in [2.45, 2.75) is 38.6 Å². The van der Waals surface area contributed by atoms with Crippen molar-refractivity contribution < 1.29 is 14.7 Å². The Kier molecular flexibility index (Phi) is 3.38. The highest BCUT2D eigenvalue weighted by Gasteiger charge is 2.43. The van der Waals surface area contributed by atoms with E-state index < -0.39 is 17.4 Å². The van der Waals surface area contributed by atoms with Gasteiger partial charge in [0, 0.05) is 13.1 Å². The molecular weight excluding hydrogens is 220 g/mol. The summed E-state index contributed by atoms with van der Waals surface area (Å²) in [5.41, 5.74) is -0.420. The fourth-order valence-corrected chi connectivity index (χ4v) is 2.85. The number of amides is 1. The zero-order valence-electron chi connectivity index (χ0n) is 10.2. The van der Waals surface area contributed by atoms with Gasteiger partial charge >= 0.3 is 5.97 Å². The summed E-state index contributed by atoms with van der Waals surface area (Å²) in [4.78, 5) is 25.1. The summed E-state index contributed by atoms with van der Waals surface area (Å²) in [5, 5.41) is 12.3. The van der Waals surface area contributed by atoms with Crippen molar-refractivity contribution >= 4 is 11.9 Å². The predicted molar refractivity (Wildman–Crippen MR) is 62.6 cm³/mol. The van der Waals surface area contributed by atoms with E-state index in [9.17, 15) is 9.59 Å². The molecule has 2 saturated heterocycles. The van der Waals surface area contributed by atoms with Crippen LogP contribution in [-0.4, -0.2) is 47.6 Å². The lowest BCUT2D eigenvalue weighted by Gasteiger charge is -2.37. The maximum absolute atomic E-state index is 12.5. The first kappa shape index (κ1) is 12.4. The van der Waals surface area contributed by atoms with E-state index in [0.29, 0.717) is 19.5 Å². The molecule has 0 bridgehead atoms. The Morgan fingerprint density at radius 3 is 2.76 bits per heavy atom. The summed E-state index contributed by atoms with van der Waals surface area (Å²) in [6, 6.07) is -0.610. The zero-order valence-corrected chi connectivity index (χ0v) is 10.2. The summed E-state index contributed by atoms with van der Waals surface area (Å²) in [7, 11) is 0. The molecule has 0 aliphatic carbocycles. The Hall–Kier alpha value is -1.10. The molecule has 17 heavy (non-hydrogen) atoms. The number of rotatable bonds is 2. The first-order valence-corrected chi connectivity index (χ1v) is 6.29. The molecule has 2 aliphatic heterocycles. The predicted octanol–water partition coefficient (Wildman–Crippen LogP) is 0.452. The van der Waals surface area contributed by atoms with Crippen LogP contribution in [0.3, 0.4) is 0 Å². The van der Waals surface area contributed by atoms with Gasteiger partial charge in [-0.25, -0.2) is 4.79 Å². The van der Waals surface area contributed by atoms with E-state index in [2.05, 4.69) is 5.32 Å². The van der Waals surface area contributed by atoms with Crippen LogP contribution in [0.25, 0.3) is 0 Å². The molecule has 1 unspecified atom stereocenters. The first-order chi connectivity index (χ1) is 8.04. The number of likely N-dealkylation sites (tertiary alicyclic amines) is 1. The van der Waals surface area contributed by atoms with Crippen LogP contribution in [-0.2, 0) is 9.59 Å². The summed E-state index contributed by atoms with van der Waals surface area (Å²) in [6.07, 6.45) is 3.21. The number of piperidine rings is 1. The Morgan fingerprint density at radius 1 is 1.41 bits per heavy atom. The Labute approximate surface area is 101 Å². The summed E-state index contributed by atoms with van der Waals surface area (Å²) >= 11 is 0. The minimum atomic E-state index is -0.872. The van der Waals surface area contributed by atoms with Gasteiger partial charge in [0.1, 0.15) is 6.04 Å². The van der Waals surface area contributed by atoms with Crippen molar-refractivity contribution in [1.29, 1.82) is 0 Å². The van der Waals surface area contributed by atoms with E-state index >= 15 is 0 Å². The number of hydrogen-bond donors (Lipinski definition) is 2. The Bertz CT molecular complexity index is 324. The average Bonchev–Trinajstić information content (AvgIpc) is 2.77. The number of hydrogen-bond acceptors (Lipinski definition) is 3. The van der Waals surface area contributed by atoms with E-state index in [0.717, 1.165) is 25.8 Å². The van der Waals surface area contributed by atoms with E-state index in [1.165, 1.54) is 0 Å². The molecule has 1 amide bonds. The smallest absolute Gasteiger partial charge is 0.326 e. The van der Waals surface area contributed by atoms with Gasteiger partial charge < -0.3 is 15.3 Å². The van der Waals surface area contributed by atoms with E-state index in [1.807, 2.05) is 6.92 Å². The third-order valence-electron chi connectivity index (χ3n) is 3.91. The molecule has 0 saturated carbocycles. The number of aliphatic carboxylic acids is 1. The Balaban J connectivity index is 2.10. The van der Waals surface area contributed by atoms with Gasteiger partial charge in [-0.2, -0.15) is 0 Å². The van der Waals surface area contributed by atoms with Gasteiger partial charge in [-0.3, -0.25) is 4.79 Å². The molecule has 0 aromatic heterocycles. The molecule has 2 fully saturated rings. The molecule has 0 radical (unpaired) electrons. The van der Waals surface area contributed by atoms with Crippen LogP contribution in [0.2, 0.25) is 0 Å². The zero-order chi connectivity index (χ0) is 12.5. The molecular formula is C12H20N2O3. The highest BCUT2D eigenvalue weighted by molar-refractivity contribution is 5.88. The van der Waals surface area contributed by atoms with Crippen LogP contribution in [0, 0.1) is 5.41 Å². The topological polar surface area (TPSA) is 69.6 Å². The number of carbonyl (C=O) groups excluding carboxylic acids is 1. The molecule has 0 aromatic carbocycles. The van der Waals surface area contributed by atoms with Crippen LogP contribution < -0.4 is 5.32 Å². The van der Waals surface area contributed by atoms with Crippen LogP contribution >= 0.6 is 0 Å². The molecule has 5 heteroatoms. The van der Waals surface area contributed by atoms with E-state index in [1.54, 1.807) is 4.90 Å². The van der Waals surface area contributed by atoms with Gasteiger partial charge in [0.15, 0.2) is 0 Å². The van der Waals surface area contributed by atoms with Gasteiger partial charge in [-0.15, -0.1) is 0 Å². The van der Waals surface area contributed by atoms with Crippen LogP contribution in [0.4, 0.5) is 0 Å². The van der Waals surface area contributed by atoms with Gasteiger partial charge in [-0.05, 0) is 39.2 Å². The second kappa shape index (κ2) is 4.64. The van der Waals surface area contributed by atoms with Crippen molar-refractivity contribution in [3.8, 4) is 0 Å². The second-order valence-electron chi connectivity index (χ2n) is 5.34. The average molecular weight is 240 g/mol. The van der Waals surface area contributed by atoms with Gasteiger partial charge in [0.25, 0.3) is 0 Å². The molecule has 2 aliphatic rings. The quantitative estimate of drug-likeness (QED) is 0.735. The number of nitrogens with zero attached hydrogens (tertiary/aromatic N) is 1. The summed E-state index contributed by atoms with van der Waals surface area (Å²) in [5.74, 6) is -0.863. The fraction of sp³-hybridized carbons (Fsp3) is 0.833. The van der Waals surface area contributed by atoms with Crippen molar-refractivity contribution in [3.05, 3.63) is 0 Å². The minimum Gasteiger partial charge on any atom is -0.480 e. The highest BCUT2D eigenvalue weighted by Crippen LogP contribution is 2.31. The maximum atomic E-state index is 12.5. The number of carboxylic acid groups (broad SMARTS) is 1. The lowest BCUT2D eigenvalue weighted by molar-refractivity contribution is -0.153. The number of nitrogens with one attached hydrogen (secondary N) is 1. The molecule has 2 N–H and O–H groups in total. The van der Waals surface area contributed by atoms with Gasteiger partial charge in [0.2, 0.25) is 5.91 Å². The van der Waals surface area contributed by atoms with Crippen molar-refractivity contribution in [1.82, 2.24) is 10.2 Å². The number of carbonyl (C=O) groups is 2. The van der Waals surface area contributed by atoms with Crippen molar-refractivity contribution in [2.75, 3.05) is 19.6 Å². The summed E-state index contributed by atoms with van der Waals surface area (Å²) in [6.45, 7) is 4.14. The molecule has 5 nitrogen and oxygen atoms in total. The fourth-order valence-electron chi connectivity index (χ4n) is 2.85. The molecule has 0 spiro atoms. The van der Waals surface area contributed by atoms with Gasteiger partial charge in [-0.1, -0.05) is 0 Å².